The van der Waals surface area contributed by atoms with Crippen molar-refractivity contribution in [2.75, 3.05) is 19.7 Å². The van der Waals surface area contributed by atoms with Gasteiger partial charge in [0.05, 0.1) is 6.61 Å². The molecule has 1 aromatic carbocycles. The molecular weight excluding hydrogens is 317 g/mol. The van der Waals surface area contributed by atoms with E-state index in [0.717, 1.165) is 42.9 Å². The lowest BCUT2D eigenvalue weighted by Gasteiger charge is -2.34. The Morgan fingerprint density at radius 3 is 2.52 bits per heavy atom. The van der Waals surface area contributed by atoms with Crippen LogP contribution in [0.5, 0.6) is 5.75 Å². The smallest absolute Gasteiger partial charge is 0.135 e. The molecule has 0 radical (unpaired) electrons. The number of halogens is 1. The summed E-state index contributed by atoms with van der Waals surface area (Å²) in [5.74, 6) is 1.17. The number of benzene rings is 1. The first-order valence-corrected chi connectivity index (χ1v) is 9.02. The summed E-state index contributed by atoms with van der Waals surface area (Å²) in [4.78, 5) is 13.4. The van der Waals surface area contributed by atoms with Crippen molar-refractivity contribution in [3.8, 4) is 5.75 Å². The molecule has 0 N–H and O–H groups in total. The first kappa shape index (κ1) is 19.5. The first-order chi connectivity index (χ1) is 11.7. The predicted octanol–water partition coefficient (Wildman–Crippen LogP) is 4.71. The lowest BCUT2D eigenvalue weighted by atomic mass is 9.86. The zero-order valence-corrected chi connectivity index (χ0v) is 15.9. The van der Waals surface area contributed by atoms with Crippen LogP contribution in [0.25, 0.3) is 0 Å². The van der Waals surface area contributed by atoms with Gasteiger partial charge in [-0.1, -0.05) is 27.4 Å². The van der Waals surface area contributed by atoms with Gasteiger partial charge in [-0.25, -0.2) is 4.39 Å². The molecule has 0 atom stereocenters. The Labute approximate surface area is 150 Å². The van der Waals surface area contributed by atoms with Crippen molar-refractivity contribution < 1.29 is 13.9 Å². The molecule has 0 spiro atoms. The summed E-state index contributed by atoms with van der Waals surface area (Å²) in [5, 5.41) is 0. The van der Waals surface area contributed by atoms with E-state index in [1.807, 2.05) is 0 Å². The third-order valence-electron chi connectivity index (χ3n) is 4.74. The SMILES string of the molecule is C=C(CC(C)=O)N1CCC(COc2ccc(F)cc2C(C)(C)C)CC1. The van der Waals surface area contributed by atoms with E-state index in [9.17, 15) is 9.18 Å². The summed E-state index contributed by atoms with van der Waals surface area (Å²) in [6, 6.07) is 4.77. The van der Waals surface area contributed by atoms with E-state index >= 15 is 0 Å². The van der Waals surface area contributed by atoms with Crippen LogP contribution in [0.4, 0.5) is 4.39 Å². The van der Waals surface area contributed by atoms with E-state index in [-0.39, 0.29) is 17.0 Å². The summed E-state index contributed by atoms with van der Waals surface area (Å²) in [5.41, 5.74) is 1.66. The van der Waals surface area contributed by atoms with Crippen LogP contribution in [0, 0.1) is 11.7 Å². The number of likely N-dealkylation sites (tertiary alicyclic amines) is 1. The van der Waals surface area contributed by atoms with E-state index in [1.54, 1.807) is 19.1 Å². The van der Waals surface area contributed by atoms with Crippen molar-refractivity contribution in [3.63, 3.8) is 0 Å². The summed E-state index contributed by atoms with van der Waals surface area (Å²) >= 11 is 0. The number of rotatable bonds is 6. The highest BCUT2D eigenvalue weighted by Crippen LogP contribution is 2.33. The van der Waals surface area contributed by atoms with Crippen molar-refractivity contribution in [2.45, 2.75) is 52.4 Å². The van der Waals surface area contributed by atoms with E-state index < -0.39 is 0 Å². The van der Waals surface area contributed by atoms with Crippen LogP contribution < -0.4 is 4.74 Å². The minimum atomic E-state index is -0.227. The fourth-order valence-electron chi connectivity index (χ4n) is 3.24. The number of allylic oxidation sites excluding steroid dienone is 1. The number of hydrogen-bond acceptors (Lipinski definition) is 3. The molecule has 0 aromatic heterocycles. The van der Waals surface area contributed by atoms with Gasteiger partial charge < -0.3 is 9.64 Å². The Morgan fingerprint density at radius 2 is 1.96 bits per heavy atom. The van der Waals surface area contributed by atoms with Crippen LogP contribution in [0.1, 0.15) is 52.5 Å². The maximum atomic E-state index is 13.6. The van der Waals surface area contributed by atoms with Gasteiger partial charge >= 0.3 is 0 Å². The molecule has 0 bridgehead atoms. The van der Waals surface area contributed by atoms with Crippen LogP contribution in [-0.2, 0) is 10.2 Å². The minimum Gasteiger partial charge on any atom is -0.493 e. The lowest BCUT2D eigenvalue weighted by molar-refractivity contribution is -0.116. The fourth-order valence-corrected chi connectivity index (χ4v) is 3.24. The summed E-state index contributed by atoms with van der Waals surface area (Å²) < 4.78 is 19.6. The molecule has 0 amide bonds. The van der Waals surface area contributed by atoms with E-state index in [1.165, 1.54) is 6.07 Å². The molecule has 4 heteroatoms. The van der Waals surface area contributed by atoms with Gasteiger partial charge in [0.15, 0.2) is 0 Å². The van der Waals surface area contributed by atoms with Gasteiger partial charge in [0.1, 0.15) is 17.3 Å². The quantitative estimate of drug-likeness (QED) is 0.746. The molecule has 1 heterocycles. The molecule has 1 aliphatic rings. The van der Waals surface area contributed by atoms with Gasteiger partial charge in [-0.3, -0.25) is 4.79 Å². The van der Waals surface area contributed by atoms with Gasteiger partial charge in [0.25, 0.3) is 0 Å². The first-order valence-electron chi connectivity index (χ1n) is 9.02. The Kier molecular flexibility index (Phi) is 6.26. The van der Waals surface area contributed by atoms with Crippen LogP contribution in [0.2, 0.25) is 0 Å². The molecule has 1 aliphatic heterocycles. The molecule has 1 fully saturated rings. The van der Waals surface area contributed by atoms with Crippen molar-refractivity contribution in [1.82, 2.24) is 4.90 Å². The molecule has 0 aliphatic carbocycles. The van der Waals surface area contributed by atoms with Crippen LogP contribution >= 0.6 is 0 Å². The number of nitrogens with zero attached hydrogens (tertiary/aromatic N) is 1. The van der Waals surface area contributed by atoms with Crippen molar-refractivity contribution >= 4 is 5.78 Å². The Bertz CT molecular complexity index is 625. The summed E-state index contributed by atoms with van der Waals surface area (Å²) in [7, 11) is 0. The monoisotopic (exact) mass is 347 g/mol. The number of carbonyl (C=O) groups excluding carboxylic acids is 1. The zero-order valence-electron chi connectivity index (χ0n) is 15.9. The van der Waals surface area contributed by atoms with Gasteiger partial charge in [-0.15, -0.1) is 0 Å². The molecule has 2 rings (SSSR count). The van der Waals surface area contributed by atoms with Gasteiger partial charge in [0.2, 0.25) is 0 Å². The number of piperidine rings is 1. The average molecular weight is 347 g/mol. The maximum Gasteiger partial charge on any atom is 0.135 e. The normalized spacial score (nSPS) is 16.0. The fraction of sp³-hybridized carbons (Fsp3) is 0.571. The van der Waals surface area contributed by atoms with E-state index in [0.29, 0.717) is 18.9 Å². The third kappa shape index (κ3) is 5.58. The lowest BCUT2D eigenvalue weighted by Crippen LogP contribution is -2.35. The molecule has 1 aromatic rings. The Hall–Kier alpha value is -1.84. The van der Waals surface area contributed by atoms with Gasteiger partial charge in [-0.2, -0.15) is 0 Å². The molecule has 138 valence electrons. The zero-order chi connectivity index (χ0) is 18.6. The predicted molar refractivity (Wildman–Crippen MR) is 99.3 cm³/mol. The van der Waals surface area contributed by atoms with Crippen molar-refractivity contribution in [3.05, 3.63) is 41.9 Å². The van der Waals surface area contributed by atoms with Crippen LogP contribution in [0.15, 0.2) is 30.5 Å². The highest BCUT2D eigenvalue weighted by Gasteiger charge is 2.23. The molecule has 25 heavy (non-hydrogen) atoms. The van der Waals surface area contributed by atoms with E-state index in [4.69, 9.17) is 4.74 Å². The van der Waals surface area contributed by atoms with Crippen LogP contribution in [0.3, 0.4) is 0 Å². The topological polar surface area (TPSA) is 29.5 Å². The second-order valence-electron chi connectivity index (χ2n) is 8.08. The summed E-state index contributed by atoms with van der Waals surface area (Å²) in [6.45, 7) is 14.3. The maximum absolute atomic E-state index is 13.6. The largest absolute Gasteiger partial charge is 0.493 e. The molecular formula is C21H30FNO2. The number of ether oxygens (including phenoxy) is 1. The van der Waals surface area contributed by atoms with E-state index in [2.05, 4.69) is 32.3 Å². The van der Waals surface area contributed by atoms with Gasteiger partial charge in [-0.05, 0) is 49.3 Å². The molecule has 0 saturated carbocycles. The van der Waals surface area contributed by atoms with Crippen LogP contribution in [-0.4, -0.2) is 30.4 Å². The number of Topliss-reactive ketones (excluding diaryl/α,β-unsaturated/α-hetero) is 1. The highest BCUT2D eigenvalue weighted by molar-refractivity contribution is 5.77. The Morgan fingerprint density at radius 1 is 1.32 bits per heavy atom. The standard InChI is InChI=1S/C21H30FNO2/c1-15(12-16(2)24)23-10-8-17(9-11-23)14-25-20-7-6-18(22)13-19(20)21(3,4)5/h6-7,13,17H,1,8-12,14H2,2-5H3. The molecule has 3 nitrogen and oxygen atoms in total. The highest BCUT2D eigenvalue weighted by atomic mass is 19.1. The second kappa shape index (κ2) is 8.03. The molecule has 0 unspecified atom stereocenters. The number of hydrogen-bond donors (Lipinski definition) is 0. The summed E-state index contributed by atoms with van der Waals surface area (Å²) in [6.07, 6.45) is 2.47. The average Bonchev–Trinajstić information content (AvgIpc) is 2.52. The number of carbonyl (C=O) groups is 1. The second-order valence-corrected chi connectivity index (χ2v) is 8.08. The van der Waals surface area contributed by atoms with Crippen molar-refractivity contribution in [1.29, 1.82) is 0 Å². The Balaban J connectivity index is 1.90. The third-order valence-corrected chi connectivity index (χ3v) is 4.74. The minimum absolute atomic E-state index is 0.154. The van der Waals surface area contributed by atoms with Gasteiger partial charge in [0, 0.05) is 30.8 Å². The number of ketones is 1. The molecule has 1 saturated heterocycles. The van der Waals surface area contributed by atoms with Crippen molar-refractivity contribution in [2.24, 2.45) is 5.92 Å².